The van der Waals surface area contributed by atoms with Gasteiger partial charge >= 0.3 is 0 Å². The average molecular weight is 492 g/mol. The maximum absolute atomic E-state index is 13.9. The zero-order valence-electron chi connectivity index (χ0n) is 20.4. The fraction of sp³-hybridized carbons (Fsp3) is 0.640. The van der Waals surface area contributed by atoms with E-state index < -0.39 is 10.0 Å². The molecule has 8 nitrogen and oxygen atoms in total. The minimum atomic E-state index is -3.83. The number of ether oxygens (including phenoxy) is 2. The van der Waals surface area contributed by atoms with Crippen molar-refractivity contribution >= 4 is 15.8 Å². The maximum Gasteiger partial charge on any atom is 0.265 e. The molecule has 9 heteroatoms. The van der Waals surface area contributed by atoms with E-state index in [0.29, 0.717) is 48.7 Å². The summed E-state index contributed by atoms with van der Waals surface area (Å²) in [6.07, 6.45) is 3.99. The lowest BCUT2D eigenvalue weighted by Crippen LogP contribution is -2.35. The first-order valence-corrected chi connectivity index (χ1v) is 13.8. The Balaban J connectivity index is 1.66. The van der Waals surface area contributed by atoms with Gasteiger partial charge in [0.25, 0.3) is 10.0 Å². The highest BCUT2D eigenvalue weighted by atomic mass is 32.2. The molecule has 4 rings (SSSR count). The minimum Gasteiger partial charge on any atom is -0.493 e. The molecule has 0 radical (unpaired) electrons. The van der Waals surface area contributed by atoms with Gasteiger partial charge in [-0.25, -0.2) is 17.4 Å². The van der Waals surface area contributed by atoms with E-state index in [0.717, 1.165) is 44.6 Å². The van der Waals surface area contributed by atoms with E-state index in [-0.39, 0.29) is 17.4 Å². The molecule has 2 aliphatic rings. The van der Waals surface area contributed by atoms with Gasteiger partial charge in [0, 0.05) is 50.5 Å². The van der Waals surface area contributed by atoms with Crippen molar-refractivity contribution in [3.05, 3.63) is 35.5 Å². The van der Waals surface area contributed by atoms with Gasteiger partial charge in [0.2, 0.25) is 0 Å². The van der Waals surface area contributed by atoms with Gasteiger partial charge in [0.05, 0.1) is 17.2 Å². The Morgan fingerprint density at radius 2 is 1.94 bits per heavy atom. The first kappa shape index (κ1) is 25.0. The Morgan fingerprint density at radius 1 is 1.21 bits per heavy atom. The van der Waals surface area contributed by atoms with Crippen LogP contribution in [0.4, 0.5) is 5.82 Å². The van der Waals surface area contributed by atoms with Crippen LogP contribution in [0.1, 0.15) is 56.7 Å². The van der Waals surface area contributed by atoms with Crippen molar-refractivity contribution < 1.29 is 23.0 Å². The summed E-state index contributed by atoms with van der Waals surface area (Å²) in [6.45, 7) is 8.71. The van der Waals surface area contributed by atoms with Gasteiger partial charge in [-0.2, -0.15) is 5.10 Å². The number of aryl methyl sites for hydroxylation is 2. The monoisotopic (exact) mass is 491 g/mol. The third-order valence-electron chi connectivity index (χ3n) is 6.75. The van der Waals surface area contributed by atoms with Gasteiger partial charge in [-0.1, -0.05) is 6.92 Å². The molecule has 188 valence electrons. The van der Waals surface area contributed by atoms with Gasteiger partial charge in [0.15, 0.2) is 0 Å². The highest BCUT2D eigenvalue weighted by Crippen LogP contribution is 2.36. The molecule has 2 heterocycles. The Morgan fingerprint density at radius 3 is 2.59 bits per heavy atom. The molecule has 0 amide bonds. The molecule has 1 unspecified atom stereocenters. The van der Waals surface area contributed by atoms with Crippen LogP contribution in [0.25, 0.3) is 0 Å². The largest absolute Gasteiger partial charge is 0.493 e. The van der Waals surface area contributed by atoms with Gasteiger partial charge in [-0.05, 0) is 69.6 Å². The highest BCUT2D eigenvalue weighted by Gasteiger charge is 2.34. The molecule has 1 aliphatic heterocycles. The maximum atomic E-state index is 13.9. The molecular formula is C25H37N3O5S. The number of hydrogen-bond acceptors (Lipinski definition) is 6. The van der Waals surface area contributed by atoms with Crippen LogP contribution in [-0.4, -0.2) is 56.3 Å². The lowest BCUT2D eigenvalue weighted by Gasteiger charge is -2.26. The number of sulfonamides is 1. The number of aliphatic hydroxyl groups is 1. The molecule has 2 aromatic rings. The van der Waals surface area contributed by atoms with E-state index in [2.05, 4.69) is 5.10 Å². The summed E-state index contributed by atoms with van der Waals surface area (Å²) in [5, 5.41) is 14.3. The van der Waals surface area contributed by atoms with Crippen LogP contribution < -0.4 is 9.04 Å². The van der Waals surface area contributed by atoms with Crippen molar-refractivity contribution in [3.63, 3.8) is 0 Å². The second kappa shape index (κ2) is 10.7. The third kappa shape index (κ3) is 5.58. The standard InChI is InChI=1S/C25H37N3O5S/c1-4-27-25(13-19(3)26-27)28(15-20-5-6-20)34(30,31)22-7-8-24(23(14-22)18(2)16-29)33-17-21-9-11-32-12-10-21/h7-8,13-14,18,20-21,29H,4-6,9-12,15-17H2,1-3H3. The molecule has 2 fully saturated rings. The fourth-order valence-corrected chi connectivity index (χ4v) is 5.94. The summed E-state index contributed by atoms with van der Waals surface area (Å²) in [7, 11) is -3.83. The van der Waals surface area contributed by atoms with Crippen molar-refractivity contribution in [2.24, 2.45) is 11.8 Å². The van der Waals surface area contributed by atoms with E-state index in [1.165, 1.54) is 4.31 Å². The lowest BCUT2D eigenvalue weighted by molar-refractivity contribution is 0.0495. The molecule has 1 aromatic heterocycles. The number of benzene rings is 1. The molecule has 34 heavy (non-hydrogen) atoms. The Hall–Kier alpha value is -2.10. The normalized spacial score (nSPS) is 18.1. The van der Waals surface area contributed by atoms with E-state index in [1.54, 1.807) is 22.9 Å². The summed E-state index contributed by atoms with van der Waals surface area (Å²) in [5.74, 6) is 1.77. The predicted octanol–water partition coefficient (Wildman–Crippen LogP) is 3.72. The topological polar surface area (TPSA) is 93.9 Å². The SMILES string of the molecule is CCn1nc(C)cc1N(CC1CC1)S(=O)(=O)c1ccc(OCC2CCOCC2)c(C(C)CO)c1. The van der Waals surface area contributed by atoms with Crippen LogP contribution in [0.5, 0.6) is 5.75 Å². The minimum absolute atomic E-state index is 0.0925. The van der Waals surface area contributed by atoms with Crippen LogP contribution in [0.2, 0.25) is 0 Å². The molecule has 1 aromatic carbocycles. The number of rotatable bonds is 11. The van der Waals surface area contributed by atoms with Crippen molar-refractivity contribution in [1.29, 1.82) is 0 Å². The first-order valence-electron chi connectivity index (χ1n) is 12.4. The molecule has 0 bridgehead atoms. The van der Waals surface area contributed by atoms with Gasteiger partial charge in [-0.15, -0.1) is 0 Å². The van der Waals surface area contributed by atoms with Crippen LogP contribution in [-0.2, 0) is 21.3 Å². The fourth-order valence-electron chi connectivity index (χ4n) is 4.36. The van der Waals surface area contributed by atoms with Gasteiger partial charge < -0.3 is 14.6 Å². The summed E-state index contributed by atoms with van der Waals surface area (Å²) in [6, 6.07) is 6.88. The predicted molar refractivity (Wildman–Crippen MR) is 131 cm³/mol. The first-order chi connectivity index (χ1) is 16.3. The Bertz CT molecular complexity index is 1070. The summed E-state index contributed by atoms with van der Waals surface area (Å²) >= 11 is 0. The van der Waals surface area contributed by atoms with E-state index in [9.17, 15) is 13.5 Å². The van der Waals surface area contributed by atoms with Crippen LogP contribution in [0, 0.1) is 18.8 Å². The van der Waals surface area contributed by atoms with Crippen molar-refractivity contribution in [3.8, 4) is 5.75 Å². The number of anilines is 1. The van der Waals surface area contributed by atoms with E-state index in [4.69, 9.17) is 9.47 Å². The third-order valence-corrected chi connectivity index (χ3v) is 8.51. The zero-order valence-corrected chi connectivity index (χ0v) is 21.3. The Labute approximate surface area is 202 Å². The molecule has 1 aliphatic carbocycles. The number of aromatic nitrogens is 2. The van der Waals surface area contributed by atoms with Gasteiger partial charge in [0.1, 0.15) is 11.6 Å². The molecular weight excluding hydrogens is 454 g/mol. The lowest BCUT2D eigenvalue weighted by atomic mass is 10.00. The zero-order chi connectivity index (χ0) is 24.3. The number of nitrogens with zero attached hydrogens (tertiary/aromatic N) is 3. The van der Waals surface area contributed by atoms with Crippen LogP contribution in [0.15, 0.2) is 29.2 Å². The quantitative estimate of drug-likeness (QED) is 0.515. The molecule has 1 atom stereocenters. The number of aliphatic hydroxyl groups excluding tert-OH is 1. The summed E-state index contributed by atoms with van der Waals surface area (Å²) in [5.41, 5.74) is 1.50. The van der Waals surface area contributed by atoms with Crippen LogP contribution >= 0.6 is 0 Å². The van der Waals surface area contributed by atoms with Crippen molar-refractivity contribution in [2.45, 2.75) is 63.8 Å². The summed E-state index contributed by atoms with van der Waals surface area (Å²) < 4.78 is 42.7. The van der Waals surface area contributed by atoms with Crippen molar-refractivity contribution in [2.75, 3.05) is 37.3 Å². The van der Waals surface area contributed by atoms with Gasteiger partial charge in [-0.3, -0.25) is 0 Å². The highest BCUT2D eigenvalue weighted by molar-refractivity contribution is 7.92. The summed E-state index contributed by atoms with van der Waals surface area (Å²) in [4.78, 5) is 0.211. The van der Waals surface area contributed by atoms with Crippen molar-refractivity contribution in [1.82, 2.24) is 9.78 Å². The molecule has 1 saturated heterocycles. The molecule has 0 spiro atoms. The smallest absolute Gasteiger partial charge is 0.265 e. The molecule has 1 saturated carbocycles. The van der Waals surface area contributed by atoms with Crippen LogP contribution in [0.3, 0.4) is 0 Å². The molecule has 1 N–H and O–H groups in total. The van der Waals surface area contributed by atoms with E-state index >= 15 is 0 Å². The second-order valence-electron chi connectivity index (χ2n) is 9.59. The Kier molecular flexibility index (Phi) is 7.84. The van der Waals surface area contributed by atoms with E-state index in [1.807, 2.05) is 26.8 Å². The number of hydrogen-bond donors (Lipinski definition) is 1. The second-order valence-corrected chi connectivity index (χ2v) is 11.5. The average Bonchev–Trinajstić information content (AvgIpc) is 3.60.